The van der Waals surface area contributed by atoms with Gasteiger partial charge in [-0.25, -0.2) is 0 Å². The lowest BCUT2D eigenvalue weighted by Crippen LogP contribution is -2.48. The average Bonchev–Trinajstić information content (AvgIpc) is 2.03. The lowest BCUT2D eigenvalue weighted by atomic mass is 10.1. The van der Waals surface area contributed by atoms with Gasteiger partial charge in [-0.1, -0.05) is 12.2 Å². The normalized spacial score (nSPS) is 27.7. The molecule has 0 saturated heterocycles. The number of hydrogen-bond donors (Lipinski definition) is 0. The molecule has 64 valence electrons. The number of hydroxylamine groups is 2. The van der Waals surface area contributed by atoms with Crippen LogP contribution in [0.25, 0.3) is 0 Å². The molecule has 1 rings (SSSR count). The van der Waals surface area contributed by atoms with Gasteiger partial charge in [-0.3, -0.25) is 0 Å². The first-order valence-corrected chi connectivity index (χ1v) is 3.95. The maximum Gasteiger partial charge on any atom is 0.0596 e. The van der Waals surface area contributed by atoms with Gasteiger partial charge >= 0.3 is 0 Å². The van der Waals surface area contributed by atoms with Gasteiger partial charge in [0.25, 0.3) is 0 Å². The second kappa shape index (κ2) is 2.32. The van der Waals surface area contributed by atoms with Gasteiger partial charge in [-0.2, -0.15) is 5.06 Å². The van der Waals surface area contributed by atoms with Crippen LogP contribution in [0.1, 0.15) is 27.7 Å². The van der Waals surface area contributed by atoms with Crippen molar-refractivity contribution in [1.29, 1.82) is 0 Å². The minimum atomic E-state index is 0.0260. The Morgan fingerprint density at radius 3 is 1.55 bits per heavy atom. The maximum absolute atomic E-state index is 5.31. The van der Waals surface area contributed by atoms with Crippen LogP contribution >= 0.6 is 0 Å². The molecule has 0 aromatic carbocycles. The smallest absolute Gasteiger partial charge is 0.0596 e. The van der Waals surface area contributed by atoms with Gasteiger partial charge in [0, 0.05) is 0 Å². The monoisotopic (exact) mass is 155 g/mol. The van der Waals surface area contributed by atoms with E-state index < -0.39 is 0 Å². The van der Waals surface area contributed by atoms with Crippen LogP contribution < -0.4 is 0 Å². The summed E-state index contributed by atoms with van der Waals surface area (Å²) in [5.74, 6) is 0. The molecule has 0 aromatic rings. The molecule has 0 unspecified atom stereocenters. The first-order chi connectivity index (χ1) is 4.90. The van der Waals surface area contributed by atoms with Gasteiger partial charge in [0.15, 0.2) is 0 Å². The van der Waals surface area contributed by atoms with E-state index in [1.54, 1.807) is 7.11 Å². The molecule has 1 aliphatic heterocycles. The Balaban J connectivity index is 2.88. The van der Waals surface area contributed by atoms with Crippen LogP contribution in [0.5, 0.6) is 0 Å². The third kappa shape index (κ3) is 1.33. The SMILES string of the molecule is CON1C(C)(C)C=CC1(C)C. The van der Waals surface area contributed by atoms with Gasteiger partial charge in [0.05, 0.1) is 18.2 Å². The van der Waals surface area contributed by atoms with Crippen molar-refractivity contribution in [3.05, 3.63) is 12.2 Å². The number of rotatable bonds is 1. The Kier molecular flexibility index (Phi) is 1.85. The molecule has 11 heavy (non-hydrogen) atoms. The summed E-state index contributed by atoms with van der Waals surface area (Å²) in [6.07, 6.45) is 4.35. The van der Waals surface area contributed by atoms with Gasteiger partial charge in [-0.05, 0) is 27.7 Å². The molecule has 0 atom stereocenters. The minimum absolute atomic E-state index is 0.0260. The molecule has 0 fully saturated rings. The third-order valence-corrected chi connectivity index (χ3v) is 2.13. The van der Waals surface area contributed by atoms with Crippen LogP contribution in [0, 0.1) is 0 Å². The van der Waals surface area contributed by atoms with E-state index >= 15 is 0 Å². The largest absolute Gasteiger partial charge is 0.301 e. The van der Waals surface area contributed by atoms with E-state index in [9.17, 15) is 0 Å². The van der Waals surface area contributed by atoms with Crippen molar-refractivity contribution in [1.82, 2.24) is 5.06 Å². The summed E-state index contributed by atoms with van der Waals surface area (Å²) in [6, 6.07) is 0. The van der Waals surface area contributed by atoms with E-state index in [1.807, 2.05) is 5.06 Å². The summed E-state index contributed by atoms with van der Waals surface area (Å²) in [5.41, 5.74) is 0.0521. The lowest BCUT2D eigenvalue weighted by molar-refractivity contribution is -0.211. The van der Waals surface area contributed by atoms with Crippen LogP contribution in [0.3, 0.4) is 0 Å². The topological polar surface area (TPSA) is 12.5 Å². The highest BCUT2D eigenvalue weighted by molar-refractivity contribution is 5.18. The molecule has 1 heterocycles. The molecule has 1 aliphatic rings. The van der Waals surface area contributed by atoms with Crippen LogP contribution in [0.2, 0.25) is 0 Å². The number of hydrogen-bond acceptors (Lipinski definition) is 2. The summed E-state index contributed by atoms with van der Waals surface area (Å²) in [5, 5.41) is 2.00. The van der Waals surface area contributed by atoms with Crippen LogP contribution in [0.4, 0.5) is 0 Å². The summed E-state index contributed by atoms with van der Waals surface area (Å²) in [6.45, 7) is 8.56. The zero-order valence-corrected chi connectivity index (χ0v) is 8.01. The molecule has 2 heteroatoms. The molecule has 0 bridgehead atoms. The molecule has 0 saturated carbocycles. The second-order valence-corrected chi connectivity index (χ2v) is 4.12. The molecule has 2 nitrogen and oxygen atoms in total. The van der Waals surface area contributed by atoms with Crippen molar-refractivity contribution in [2.45, 2.75) is 38.8 Å². The lowest BCUT2D eigenvalue weighted by Gasteiger charge is -2.37. The second-order valence-electron chi connectivity index (χ2n) is 4.12. The zero-order chi connectivity index (χ0) is 8.70. The predicted molar refractivity (Wildman–Crippen MR) is 46.1 cm³/mol. The first kappa shape index (κ1) is 8.75. The highest BCUT2D eigenvalue weighted by Crippen LogP contribution is 2.33. The Bertz CT molecular complexity index is 164. The van der Waals surface area contributed by atoms with E-state index in [2.05, 4.69) is 39.8 Å². The van der Waals surface area contributed by atoms with E-state index in [-0.39, 0.29) is 11.1 Å². The van der Waals surface area contributed by atoms with E-state index in [0.717, 1.165) is 0 Å². The average molecular weight is 155 g/mol. The Hall–Kier alpha value is -0.340. The molecule has 0 aliphatic carbocycles. The van der Waals surface area contributed by atoms with Crippen molar-refractivity contribution < 1.29 is 4.84 Å². The minimum Gasteiger partial charge on any atom is -0.301 e. The molecule has 0 radical (unpaired) electrons. The highest BCUT2D eigenvalue weighted by Gasteiger charge is 2.40. The van der Waals surface area contributed by atoms with Crippen LogP contribution in [-0.2, 0) is 4.84 Å². The van der Waals surface area contributed by atoms with Crippen molar-refractivity contribution in [2.75, 3.05) is 7.11 Å². The molecule has 0 N–H and O–H groups in total. The predicted octanol–water partition coefficient (Wildman–Crippen LogP) is 1.98. The standard InChI is InChI=1S/C9H17NO/c1-8(2)6-7-9(3,4)10(8)11-5/h6-7H,1-5H3. The van der Waals surface area contributed by atoms with Crippen molar-refractivity contribution in [3.63, 3.8) is 0 Å². The Labute approximate surface area is 68.8 Å². The molecular formula is C9H17NO. The summed E-state index contributed by atoms with van der Waals surface area (Å²) in [4.78, 5) is 5.31. The van der Waals surface area contributed by atoms with Crippen molar-refractivity contribution in [3.8, 4) is 0 Å². The third-order valence-electron chi connectivity index (χ3n) is 2.13. The van der Waals surface area contributed by atoms with E-state index in [0.29, 0.717) is 0 Å². The maximum atomic E-state index is 5.31. The quantitative estimate of drug-likeness (QED) is 0.537. The van der Waals surface area contributed by atoms with Crippen LogP contribution in [-0.4, -0.2) is 23.3 Å². The fourth-order valence-corrected chi connectivity index (χ4v) is 1.76. The first-order valence-electron chi connectivity index (χ1n) is 3.95. The fraction of sp³-hybridized carbons (Fsp3) is 0.778. The fourth-order valence-electron chi connectivity index (χ4n) is 1.76. The number of nitrogens with zero attached hydrogens (tertiary/aromatic N) is 1. The Morgan fingerprint density at radius 2 is 1.36 bits per heavy atom. The highest BCUT2D eigenvalue weighted by atomic mass is 16.7. The molecule has 0 spiro atoms. The van der Waals surface area contributed by atoms with E-state index in [4.69, 9.17) is 4.84 Å². The molecule has 0 amide bonds. The Morgan fingerprint density at radius 1 is 1.00 bits per heavy atom. The van der Waals surface area contributed by atoms with E-state index in [1.165, 1.54) is 0 Å². The van der Waals surface area contributed by atoms with Crippen molar-refractivity contribution >= 4 is 0 Å². The van der Waals surface area contributed by atoms with Crippen molar-refractivity contribution in [2.24, 2.45) is 0 Å². The summed E-state index contributed by atoms with van der Waals surface area (Å²) >= 11 is 0. The van der Waals surface area contributed by atoms with Gasteiger partial charge in [-0.15, -0.1) is 0 Å². The van der Waals surface area contributed by atoms with Gasteiger partial charge in [0.1, 0.15) is 0 Å². The molecule has 0 aromatic heterocycles. The summed E-state index contributed by atoms with van der Waals surface area (Å²) in [7, 11) is 1.72. The van der Waals surface area contributed by atoms with Gasteiger partial charge in [0.2, 0.25) is 0 Å². The molecular weight excluding hydrogens is 138 g/mol. The van der Waals surface area contributed by atoms with Gasteiger partial charge < -0.3 is 4.84 Å². The zero-order valence-electron chi connectivity index (χ0n) is 8.01. The van der Waals surface area contributed by atoms with Crippen LogP contribution in [0.15, 0.2) is 12.2 Å². The summed E-state index contributed by atoms with van der Waals surface area (Å²) < 4.78 is 0.